The topological polar surface area (TPSA) is 58.6 Å². The number of carbonyl (C=O) groups is 2. The Balaban J connectivity index is 2.20. The predicted octanol–water partition coefficient (Wildman–Crippen LogP) is 3.33. The number of anilines is 1. The van der Waals surface area contributed by atoms with E-state index in [0.29, 0.717) is 29.1 Å². The van der Waals surface area contributed by atoms with Crippen molar-refractivity contribution in [3.63, 3.8) is 0 Å². The Morgan fingerprint density at radius 1 is 1.46 bits per heavy atom. The molecule has 0 aliphatic heterocycles. The zero-order valence-electron chi connectivity index (χ0n) is 15.3. The summed E-state index contributed by atoms with van der Waals surface area (Å²) >= 11 is 1.53. The molecular formula is C18H28N2O3S. The standard InChI is InChI=1S/C18H28N2O3S/c1-6-12(3)20(4)10-15(21)19-17-16(18(22)23-5)13-8-7-11(2)9-14(13)24-17/h11-12H,6-10H2,1-5H3,(H,19,21). The fourth-order valence-electron chi connectivity index (χ4n) is 3.02. The van der Waals surface area contributed by atoms with Crippen LogP contribution in [0.4, 0.5) is 5.00 Å². The Bertz CT molecular complexity index is 612. The average Bonchev–Trinajstić information content (AvgIpc) is 2.89. The van der Waals surface area contributed by atoms with Gasteiger partial charge in [0.25, 0.3) is 0 Å². The molecule has 2 rings (SSSR count). The Labute approximate surface area is 148 Å². The van der Waals surface area contributed by atoms with Gasteiger partial charge in [0.2, 0.25) is 5.91 Å². The van der Waals surface area contributed by atoms with Gasteiger partial charge in [-0.25, -0.2) is 4.79 Å². The van der Waals surface area contributed by atoms with Gasteiger partial charge in [0.1, 0.15) is 5.00 Å². The van der Waals surface area contributed by atoms with Gasteiger partial charge in [0.05, 0.1) is 19.2 Å². The number of esters is 1. The summed E-state index contributed by atoms with van der Waals surface area (Å²) in [6.07, 6.45) is 3.90. The minimum atomic E-state index is -0.354. The number of amides is 1. The highest BCUT2D eigenvalue weighted by molar-refractivity contribution is 7.17. The third-order valence-corrected chi connectivity index (χ3v) is 6.06. The Morgan fingerprint density at radius 3 is 2.79 bits per heavy atom. The van der Waals surface area contributed by atoms with E-state index < -0.39 is 0 Å². The number of fused-ring (bicyclic) bond motifs is 1. The van der Waals surface area contributed by atoms with E-state index in [1.165, 1.54) is 23.3 Å². The molecule has 24 heavy (non-hydrogen) atoms. The average molecular weight is 353 g/mol. The molecule has 1 aromatic rings. The molecule has 0 saturated heterocycles. The molecule has 1 aliphatic rings. The van der Waals surface area contributed by atoms with Crippen LogP contribution in [0.25, 0.3) is 0 Å². The van der Waals surface area contributed by atoms with Crippen LogP contribution in [0.5, 0.6) is 0 Å². The van der Waals surface area contributed by atoms with Crippen molar-refractivity contribution in [3.8, 4) is 0 Å². The van der Waals surface area contributed by atoms with Crippen molar-refractivity contribution in [2.45, 2.75) is 52.5 Å². The summed E-state index contributed by atoms with van der Waals surface area (Å²) in [6.45, 7) is 6.73. The highest BCUT2D eigenvalue weighted by atomic mass is 32.1. The number of likely N-dealkylation sites (N-methyl/N-ethyl adjacent to an activating group) is 1. The number of nitrogens with one attached hydrogen (secondary N) is 1. The van der Waals surface area contributed by atoms with E-state index in [-0.39, 0.29) is 11.9 Å². The summed E-state index contributed by atoms with van der Waals surface area (Å²) in [5.74, 6) is 0.170. The maximum absolute atomic E-state index is 12.4. The molecule has 0 radical (unpaired) electrons. The first-order valence-corrected chi connectivity index (χ1v) is 9.41. The van der Waals surface area contributed by atoms with E-state index in [0.717, 1.165) is 31.2 Å². The molecule has 5 nitrogen and oxygen atoms in total. The molecule has 0 fully saturated rings. The molecule has 1 aliphatic carbocycles. The molecule has 0 spiro atoms. The monoisotopic (exact) mass is 352 g/mol. The van der Waals surface area contributed by atoms with Crippen molar-refractivity contribution in [2.75, 3.05) is 26.0 Å². The van der Waals surface area contributed by atoms with Crippen molar-refractivity contribution >= 4 is 28.2 Å². The zero-order chi connectivity index (χ0) is 17.9. The van der Waals surface area contributed by atoms with Crippen molar-refractivity contribution < 1.29 is 14.3 Å². The number of thiophene rings is 1. The Kier molecular flexibility index (Phi) is 6.40. The predicted molar refractivity (Wildman–Crippen MR) is 97.9 cm³/mol. The van der Waals surface area contributed by atoms with E-state index in [9.17, 15) is 9.59 Å². The number of methoxy groups -OCH3 is 1. The maximum atomic E-state index is 12.4. The van der Waals surface area contributed by atoms with Crippen LogP contribution in [0.1, 0.15) is 54.4 Å². The van der Waals surface area contributed by atoms with Crippen LogP contribution in [-0.4, -0.2) is 43.5 Å². The number of rotatable bonds is 6. The molecule has 6 heteroatoms. The zero-order valence-corrected chi connectivity index (χ0v) is 16.1. The summed E-state index contributed by atoms with van der Waals surface area (Å²) in [5.41, 5.74) is 1.62. The molecule has 1 N–H and O–H groups in total. The first-order valence-electron chi connectivity index (χ1n) is 8.60. The van der Waals surface area contributed by atoms with Gasteiger partial charge in [-0.3, -0.25) is 9.69 Å². The van der Waals surface area contributed by atoms with Crippen molar-refractivity contribution in [2.24, 2.45) is 5.92 Å². The summed E-state index contributed by atoms with van der Waals surface area (Å²) in [4.78, 5) is 27.8. The molecule has 2 atom stereocenters. The lowest BCUT2D eigenvalue weighted by atomic mass is 9.88. The SMILES string of the molecule is CCC(C)N(C)CC(=O)Nc1sc2c(c1C(=O)OC)CCC(C)C2. The van der Waals surface area contributed by atoms with Gasteiger partial charge in [0.15, 0.2) is 0 Å². The first-order chi connectivity index (χ1) is 11.4. The third kappa shape index (κ3) is 4.16. The number of carbonyl (C=O) groups excluding carboxylic acids is 2. The number of ether oxygens (including phenoxy) is 1. The highest BCUT2D eigenvalue weighted by Crippen LogP contribution is 2.40. The summed E-state index contributed by atoms with van der Waals surface area (Å²) in [6, 6.07) is 0.341. The summed E-state index contributed by atoms with van der Waals surface area (Å²) in [7, 11) is 3.33. The van der Waals surface area contributed by atoms with Gasteiger partial charge in [0, 0.05) is 10.9 Å². The lowest BCUT2D eigenvalue weighted by Gasteiger charge is -2.22. The molecule has 1 heterocycles. The fraction of sp³-hybridized carbons (Fsp3) is 0.667. The molecular weight excluding hydrogens is 324 g/mol. The van der Waals surface area contributed by atoms with Crippen LogP contribution in [-0.2, 0) is 22.4 Å². The lowest BCUT2D eigenvalue weighted by Crippen LogP contribution is -2.36. The number of hydrogen-bond donors (Lipinski definition) is 1. The van der Waals surface area contributed by atoms with Gasteiger partial charge in [-0.05, 0) is 51.1 Å². The molecule has 1 amide bonds. The fourth-order valence-corrected chi connectivity index (χ4v) is 4.43. The van der Waals surface area contributed by atoms with Crippen molar-refractivity contribution in [3.05, 3.63) is 16.0 Å². The third-order valence-electron chi connectivity index (χ3n) is 4.89. The van der Waals surface area contributed by atoms with Crippen LogP contribution >= 0.6 is 11.3 Å². The number of hydrogen-bond acceptors (Lipinski definition) is 5. The van der Waals surface area contributed by atoms with E-state index >= 15 is 0 Å². The molecule has 0 saturated carbocycles. The van der Waals surface area contributed by atoms with E-state index in [1.54, 1.807) is 0 Å². The second-order valence-corrected chi connectivity index (χ2v) is 7.87. The Morgan fingerprint density at radius 2 is 2.17 bits per heavy atom. The lowest BCUT2D eigenvalue weighted by molar-refractivity contribution is -0.117. The molecule has 0 bridgehead atoms. The maximum Gasteiger partial charge on any atom is 0.341 e. The second-order valence-electron chi connectivity index (χ2n) is 6.77. The largest absolute Gasteiger partial charge is 0.465 e. The van der Waals surface area contributed by atoms with E-state index in [2.05, 4.69) is 26.1 Å². The second kappa shape index (κ2) is 8.12. The normalized spacial score (nSPS) is 18.2. The van der Waals surface area contributed by atoms with E-state index in [1.807, 2.05) is 11.9 Å². The summed E-state index contributed by atoms with van der Waals surface area (Å²) < 4.78 is 4.95. The number of nitrogens with zero attached hydrogens (tertiary/aromatic N) is 1. The quantitative estimate of drug-likeness (QED) is 0.798. The van der Waals surface area contributed by atoms with Crippen LogP contribution in [0.15, 0.2) is 0 Å². The van der Waals surface area contributed by atoms with Crippen molar-refractivity contribution in [1.29, 1.82) is 0 Å². The minimum Gasteiger partial charge on any atom is -0.465 e. The van der Waals surface area contributed by atoms with Crippen LogP contribution in [0, 0.1) is 5.92 Å². The van der Waals surface area contributed by atoms with Crippen LogP contribution in [0.2, 0.25) is 0 Å². The van der Waals surface area contributed by atoms with Gasteiger partial charge in [-0.2, -0.15) is 0 Å². The van der Waals surface area contributed by atoms with Gasteiger partial charge in [-0.1, -0.05) is 13.8 Å². The first kappa shape index (κ1) is 18.9. The van der Waals surface area contributed by atoms with Crippen LogP contribution in [0.3, 0.4) is 0 Å². The van der Waals surface area contributed by atoms with E-state index in [4.69, 9.17) is 4.74 Å². The molecule has 1 aromatic heterocycles. The van der Waals surface area contributed by atoms with Gasteiger partial charge >= 0.3 is 5.97 Å². The highest BCUT2D eigenvalue weighted by Gasteiger charge is 2.29. The summed E-state index contributed by atoms with van der Waals surface area (Å²) in [5, 5.41) is 3.59. The molecule has 2 unspecified atom stereocenters. The minimum absolute atomic E-state index is 0.0883. The van der Waals surface area contributed by atoms with Gasteiger partial charge in [-0.15, -0.1) is 11.3 Å². The molecule has 134 valence electrons. The Hall–Kier alpha value is -1.40. The molecule has 0 aromatic carbocycles. The van der Waals surface area contributed by atoms with Crippen molar-refractivity contribution in [1.82, 2.24) is 4.90 Å². The van der Waals surface area contributed by atoms with Gasteiger partial charge < -0.3 is 10.1 Å². The van der Waals surface area contributed by atoms with Crippen LogP contribution < -0.4 is 5.32 Å². The smallest absolute Gasteiger partial charge is 0.341 e.